The van der Waals surface area contributed by atoms with Gasteiger partial charge in [-0.1, -0.05) is 12.1 Å². The van der Waals surface area contributed by atoms with Gasteiger partial charge in [0.15, 0.2) is 0 Å². The Morgan fingerprint density at radius 2 is 2.00 bits per heavy atom. The second kappa shape index (κ2) is 8.60. The van der Waals surface area contributed by atoms with Gasteiger partial charge in [-0.25, -0.2) is 4.39 Å². The second-order valence-corrected chi connectivity index (χ2v) is 3.88. The Labute approximate surface area is 106 Å². The van der Waals surface area contributed by atoms with Gasteiger partial charge in [0, 0.05) is 19.5 Å². The monoisotopic (exact) mass is 254 g/mol. The van der Waals surface area contributed by atoms with Crippen molar-refractivity contribution < 1.29 is 13.9 Å². The van der Waals surface area contributed by atoms with E-state index in [9.17, 15) is 9.18 Å². The van der Waals surface area contributed by atoms with E-state index in [-0.39, 0.29) is 11.7 Å². The number of ether oxygens (including phenoxy) is 1. The fraction of sp³-hybridized carbons (Fsp3) is 0.462. The minimum Gasteiger partial charge on any atom is -0.380 e. The molecule has 0 aliphatic carbocycles. The summed E-state index contributed by atoms with van der Waals surface area (Å²) in [6, 6.07) is 6.26. The predicted octanol–water partition coefficient (Wildman–Crippen LogP) is 0.850. The number of carbonyl (C=O) groups is 1. The maximum atomic E-state index is 12.6. The lowest BCUT2D eigenvalue weighted by atomic mass is 10.1. The van der Waals surface area contributed by atoms with Gasteiger partial charge in [0.25, 0.3) is 0 Å². The molecular weight excluding hydrogens is 235 g/mol. The molecule has 0 saturated heterocycles. The molecule has 0 aliphatic rings. The first-order valence-corrected chi connectivity index (χ1v) is 6.01. The molecule has 1 aromatic carbocycles. The van der Waals surface area contributed by atoms with E-state index in [1.165, 1.54) is 12.1 Å². The van der Waals surface area contributed by atoms with E-state index < -0.39 is 0 Å². The quantitative estimate of drug-likeness (QED) is 0.676. The third-order valence-corrected chi connectivity index (χ3v) is 2.38. The molecule has 1 rings (SSSR count). The number of halogens is 1. The third-order valence-electron chi connectivity index (χ3n) is 2.38. The highest BCUT2D eigenvalue weighted by Gasteiger charge is 2.01. The number of nitrogens with one attached hydrogen (secondary N) is 1. The van der Waals surface area contributed by atoms with Crippen molar-refractivity contribution in [2.75, 3.05) is 26.3 Å². The molecule has 0 unspecified atom stereocenters. The summed E-state index contributed by atoms with van der Waals surface area (Å²) in [4.78, 5) is 11.4. The van der Waals surface area contributed by atoms with Crippen molar-refractivity contribution in [3.8, 4) is 0 Å². The average Bonchev–Trinajstić information content (AvgIpc) is 2.37. The lowest BCUT2D eigenvalue weighted by molar-refractivity contribution is -0.122. The van der Waals surface area contributed by atoms with Crippen LogP contribution in [0.5, 0.6) is 0 Å². The summed E-state index contributed by atoms with van der Waals surface area (Å²) in [5, 5.41) is 2.78. The van der Waals surface area contributed by atoms with Gasteiger partial charge in [-0.15, -0.1) is 0 Å². The van der Waals surface area contributed by atoms with Gasteiger partial charge in [0.2, 0.25) is 5.91 Å². The van der Waals surface area contributed by atoms with Crippen LogP contribution in [0.25, 0.3) is 0 Å². The van der Waals surface area contributed by atoms with Gasteiger partial charge in [-0.05, 0) is 24.1 Å². The number of carbonyl (C=O) groups excluding carboxylic acids is 1. The Hall–Kier alpha value is -1.46. The Balaban J connectivity index is 2.10. The molecule has 0 aliphatic heterocycles. The molecule has 4 nitrogen and oxygen atoms in total. The van der Waals surface area contributed by atoms with E-state index in [1.54, 1.807) is 12.1 Å². The molecule has 18 heavy (non-hydrogen) atoms. The van der Waals surface area contributed by atoms with Crippen LogP contribution in [0.3, 0.4) is 0 Å². The standard InChI is InChI=1S/C13H19FN2O2/c14-12-3-1-11(2-4-12)5-8-16-13(17)6-9-18-10-7-15/h1-4H,5-10,15H2,(H,16,17). The first kappa shape index (κ1) is 14.6. The van der Waals surface area contributed by atoms with E-state index >= 15 is 0 Å². The van der Waals surface area contributed by atoms with Crippen molar-refractivity contribution >= 4 is 5.91 Å². The number of benzene rings is 1. The highest BCUT2D eigenvalue weighted by molar-refractivity contribution is 5.75. The first-order valence-electron chi connectivity index (χ1n) is 6.01. The van der Waals surface area contributed by atoms with Crippen LogP contribution < -0.4 is 11.1 Å². The zero-order valence-electron chi connectivity index (χ0n) is 10.3. The third kappa shape index (κ3) is 6.32. The molecule has 0 bridgehead atoms. The van der Waals surface area contributed by atoms with E-state index in [1.807, 2.05) is 0 Å². The SMILES string of the molecule is NCCOCCC(=O)NCCc1ccc(F)cc1. The van der Waals surface area contributed by atoms with Gasteiger partial charge in [-0.3, -0.25) is 4.79 Å². The number of hydrogen-bond donors (Lipinski definition) is 2. The molecule has 0 heterocycles. The van der Waals surface area contributed by atoms with Crippen molar-refractivity contribution in [1.29, 1.82) is 0 Å². The van der Waals surface area contributed by atoms with Crippen LogP contribution in [0, 0.1) is 5.82 Å². The van der Waals surface area contributed by atoms with Crippen molar-refractivity contribution in [1.82, 2.24) is 5.32 Å². The molecule has 0 aromatic heterocycles. The van der Waals surface area contributed by atoms with Gasteiger partial charge in [-0.2, -0.15) is 0 Å². The number of rotatable bonds is 8. The molecule has 0 atom stereocenters. The molecule has 0 fully saturated rings. The fourth-order valence-electron chi connectivity index (χ4n) is 1.44. The molecular formula is C13H19FN2O2. The maximum Gasteiger partial charge on any atom is 0.222 e. The normalized spacial score (nSPS) is 10.3. The molecule has 0 saturated carbocycles. The largest absolute Gasteiger partial charge is 0.380 e. The summed E-state index contributed by atoms with van der Waals surface area (Å²) in [6.45, 7) is 1.87. The Kier molecular flexibility index (Phi) is 6.98. The summed E-state index contributed by atoms with van der Waals surface area (Å²) < 4.78 is 17.8. The topological polar surface area (TPSA) is 64.3 Å². The number of nitrogens with two attached hydrogens (primary N) is 1. The molecule has 5 heteroatoms. The minimum atomic E-state index is -0.250. The van der Waals surface area contributed by atoms with Crippen LogP contribution in [-0.4, -0.2) is 32.2 Å². The molecule has 100 valence electrons. The van der Waals surface area contributed by atoms with Crippen LogP contribution >= 0.6 is 0 Å². The summed E-state index contributed by atoms with van der Waals surface area (Å²) in [6.07, 6.45) is 1.03. The molecule has 3 N–H and O–H groups in total. The molecule has 1 amide bonds. The Morgan fingerprint density at radius 3 is 2.67 bits per heavy atom. The highest BCUT2D eigenvalue weighted by atomic mass is 19.1. The fourth-order valence-corrected chi connectivity index (χ4v) is 1.44. The molecule has 0 spiro atoms. The van der Waals surface area contributed by atoms with Gasteiger partial charge in [0.05, 0.1) is 13.2 Å². The molecule has 0 radical (unpaired) electrons. The van der Waals surface area contributed by atoms with Crippen molar-refractivity contribution in [2.24, 2.45) is 5.73 Å². The van der Waals surface area contributed by atoms with Crippen molar-refractivity contribution in [2.45, 2.75) is 12.8 Å². The zero-order chi connectivity index (χ0) is 13.2. The zero-order valence-corrected chi connectivity index (χ0v) is 10.3. The van der Waals surface area contributed by atoms with E-state index in [2.05, 4.69) is 5.32 Å². The highest BCUT2D eigenvalue weighted by Crippen LogP contribution is 2.02. The maximum absolute atomic E-state index is 12.6. The van der Waals surface area contributed by atoms with Gasteiger partial charge in [0.1, 0.15) is 5.82 Å². The van der Waals surface area contributed by atoms with Gasteiger partial charge < -0.3 is 15.8 Å². The Morgan fingerprint density at radius 1 is 1.28 bits per heavy atom. The predicted molar refractivity (Wildman–Crippen MR) is 67.6 cm³/mol. The second-order valence-electron chi connectivity index (χ2n) is 3.88. The van der Waals surface area contributed by atoms with Crippen molar-refractivity contribution in [3.05, 3.63) is 35.6 Å². The van der Waals surface area contributed by atoms with E-state index in [0.29, 0.717) is 39.1 Å². The molecule has 1 aromatic rings. The summed E-state index contributed by atoms with van der Waals surface area (Å²) in [5.74, 6) is -0.297. The Bertz CT molecular complexity index is 355. The van der Waals surface area contributed by atoms with Crippen LogP contribution in [0.2, 0.25) is 0 Å². The minimum absolute atomic E-state index is 0.0471. The number of amides is 1. The lowest BCUT2D eigenvalue weighted by Crippen LogP contribution is -2.26. The lowest BCUT2D eigenvalue weighted by Gasteiger charge is -2.06. The first-order chi connectivity index (χ1) is 8.72. The van der Waals surface area contributed by atoms with Crippen LogP contribution in [0.4, 0.5) is 4.39 Å². The van der Waals surface area contributed by atoms with Crippen LogP contribution in [0.1, 0.15) is 12.0 Å². The summed E-state index contributed by atoms with van der Waals surface area (Å²) in [7, 11) is 0. The van der Waals surface area contributed by atoms with Gasteiger partial charge >= 0.3 is 0 Å². The van der Waals surface area contributed by atoms with Crippen LogP contribution in [0.15, 0.2) is 24.3 Å². The van der Waals surface area contributed by atoms with Crippen LogP contribution in [-0.2, 0) is 16.0 Å². The summed E-state index contributed by atoms with van der Waals surface area (Å²) in [5.41, 5.74) is 6.24. The smallest absolute Gasteiger partial charge is 0.222 e. The number of hydrogen-bond acceptors (Lipinski definition) is 3. The summed E-state index contributed by atoms with van der Waals surface area (Å²) >= 11 is 0. The average molecular weight is 254 g/mol. The van der Waals surface area contributed by atoms with E-state index in [4.69, 9.17) is 10.5 Å². The van der Waals surface area contributed by atoms with E-state index in [0.717, 1.165) is 5.56 Å². The van der Waals surface area contributed by atoms with Crippen molar-refractivity contribution in [3.63, 3.8) is 0 Å².